The highest BCUT2D eigenvalue weighted by Crippen LogP contribution is 2.34. The molecule has 18 heavy (non-hydrogen) atoms. The standard InChI is InChI=1S/C14H23N3O/c15-14(12-5-7-18-9-12)13-8-16-10-17(13)6-1-2-11-3-4-11/h8,10-12,14H,1-7,9,15H2. The van der Waals surface area contributed by atoms with Gasteiger partial charge in [-0.3, -0.25) is 0 Å². The van der Waals surface area contributed by atoms with Gasteiger partial charge in [-0.2, -0.15) is 0 Å². The highest BCUT2D eigenvalue weighted by molar-refractivity contribution is 5.07. The van der Waals surface area contributed by atoms with E-state index in [0.29, 0.717) is 5.92 Å². The zero-order valence-corrected chi connectivity index (χ0v) is 10.9. The van der Waals surface area contributed by atoms with Crippen molar-refractivity contribution in [3.63, 3.8) is 0 Å². The quantitative estimate of drug-likeness (QED) is 0.840. The van der Waals surface area contributed by atoms with Crippen LogP contribution in [0.2, 0.25) is 0 Å². The molecule has 0 amide bonds. The summed E-state index contributed by atoms with van der Waals surface area (Å²) in [5, 5.41) is 0. The van der Waals surface area contributed by atoms with Gasteiger partial charge in [-0.25, -0.2) is 4.98 Å². The van der Waals surface area contributed by atoms with Crippen LogP contribution in [0.4, 0.5) is 0 Å². The highest BCUT2D eigenvalue weighted by Gasteiger charge is 2.26. The summed E-state index contributed by atoms with van der Waals surface area (Å²) in [6.07, 6.45) is 10.4. The summed E-state index contributed by atoms with van der Waals surface area (Å²) in [6, 6.07) is 0.0796. The molecule has 2 N–H and O–H groups in total. The average Bonchev–Trinajstić information content (AvgIpc) is 2.89. The molecule has 2 aliphatic rings. The second kappa shape index (κ2) is 5.41. The van der Waals surface area contributed by atoms with E-state index >= 15 is 0 Å². The van der Waals surface area contributed by atoms with Gasteiger partial charge >= 0.3 is 0 Å². The fourth-order valence-electron chi connectivity index (χ4n) is 2.83. The molecular formula is C14H23N3O. The smallest absolute Gasteiger partial charge is 0.0948 e. The van der Waals surface area contributed by atoms with Crippen LogP contribution in [0.1, 0.15) is 43.8 Å². The average molecular weight is 249 g/mol. The Balaban J connectivity index is 1.58. The van der Waals surface area contributed by atoms with Gasteiger partial charge in [0.2, 0.25) is 0 Å². The fraction of sp³-hybridized carbons (Fsp3) is 0.786. The van der Waals surface area contributed by atoms with Crippen LogP contribution in [-0.2, 0) is 11.3 Å². The van der Waals surface area contributed by atoms with Gasteiger partial charge in [-0.1, -0.05) is 12.8 Å². The van der Waals surface area contributed by atoms with Crippen molar-refractivity contribution >= 4 is 0 Å². The van der Waals surface area contributed by atoms with Gasteiger partial charge in [-0.15, -0.1) is 0 Å². The zero-order chi connectivity index (χ0) is 12.4. The number of ether oxygens (including phenoxy) is 1. The van der Waals surface area contributed by atoms with Crippen LogP contribution < -0.4 is 5.73 Å². The van der Waals surface area contributed by atoms with Gasteiger partial charge in [0.1, 0.15) is 0 Å². The van der Waals surface area contributed by atoms with Gasteiger partial charge in [0.25, 0.3) is 0 Å². The van der Waals surface area contributed by atoms with E-state index in [1.165, 1.54) is 31.4 Å². The maximum Gasteiger partial charge on any atom is 0.0948 e. The molecule has 0 bridgehead atoms. The van der Waals surface area contributed by atoms with Crippen LogP contribution in [-0.4, -0.2) is 22.8 Å². The Labute approximate surface area is 109 Å². The Hall–Kier alpha value is -0.870. The Morgan fingerprint density at radius 1 is 1.44 bits per heavy atom. The van der Waals surface area contributed by atoms with Crippen LogP contribution >= 0.6 is 0 Å². The van der Waals surface area contributed by atoms with Crippen molar-refractivity contribution in [3.8, 4) is 0 Å². The minimum atomic E-state index is 0.0796. The molecule has 100 valence electrons. The third-order valence-electron chi connectivity index (χ3n) is 4.27. The largest absolute Gasteiger partial charge is 0.381 e. The van der Waals surface area contributed by atoms with Crippen molar-refractivity contribution in [1.82, 2.24) is 9.55 Å². The molecule has 1 saturated carbocycles. The molecule has 1 aromatic rings. The molecule has 2 atom stereocenters. The summed E-state index contributed by atoms with van der Waals surface area (Å²) in [6.45, 7) is 2.72. The van der Waals surface area contributed by atoms with E-state index in [0.717, 1.165) is 32.1 Å². The first kappa shape index (κ1) is 12.2. The summed E-state index contributed by atoms with van der Waals surface area (Å²) in [7, 11) is 0. The first-order chi connectivity index (χ1) is 8.84. The second-order valence-electron chi connectivity index (χ2n) is 5.75. The van der Waals surface area contributed by atoms with E-state index in [4.69, 9.17) is 10.5 Å². The third-order valence-corrected chi connectivity index (χ3v) is 4.27. The molecule has 3 rings (SSSR count). The minimum absolute atomic E-state index is 0.0796. The number of nitrogens with zero attached hydrogens (tertiary/aromatic N) is 2. The predicted octanol–water partition coefficient (Wildman–Crippen LogP) is 2.11. The van der Waals surface area contributed by atoms with Crippen LogP contribution in [0.5, 0.6) is 0 Å². The van der Waals surface area contributed by atoms with Crippen LogP contribution in [0.25, 0.3) is 0 Å². The van der Waals surface area contributed by atoms with Crippen molar-refractivity contribution < 1.29 is 4.74 Å². The third kappa shape index (κ3) is 2.75. The summed E-state index contributed by atoms with van der Waals surface area (Å²) < 4.78 is 7.67. The molecule has 2 heterocycles. The van der Waals surface area contributed by atoms with E-state index in [-0.39, 0.29) is 6.04 Å². The van der Waals surface area contributed by atoms with Crippen molar-refractivity contribution in [1.29, 1.82) is 0 Å². The number of hydrogen-bond acceptors (Lipinski definition) is 3. The Morgan fingerprint density at radius 2 is 2.33 bits per heavy atom. The lowest BCUT2D eigenvalue weighted by Crippen LogP contribution is -2.24. The van der Waals surface area contributed by atoms with Crippen LogP contribution in [0.15, 0.2) is 12.5 Å². The molecule has 1 aliphatic carbocycles. The predicted molar refractivity (Wildman–Crippen MR) is 70.0 cm³/mol. The summed E-state index contributed by atoms with van der Waals surface area (Å²) in [4.78, 5) is 4.27. The molecule has 1 aromatic heterocycles. The maximum atomic E-state index is 6.35. The molecule has 1 aliphatic heterocycles. The van der Waals surface area contributed by atoms with E-state index < -0.39 is 0 Å². The minimum Gasteiger partial charge on any atom is -0.381 e. The van der Waals surface area contributed by atoms with Gasteiger partial charge < -0.3 is 15.0 Å². The van der Waals surface area contributed by atoms with Crippen molar-refractivity contribution in [2.45, 2.75) is 44.7 Å². The van der Waals surface area contributed by atoms with Gasteiger partial charge in [0, 0.05) is 25.3 Å². The van der Waals surface area contributed by atoms with E-state index in [2.05, 4.69) is 9.55 Å². The van der Waals surface area contributed by atoms with Crippen molar-refractivity contribution in [3.05, 3.63) is 18.2 Å². The van der Waals surface area contributed by atoms with E-state index in [1.54, 1.807) is 0 Å². The molecule has 0 aromatic carbocycles. The molecule has 0 radical (unpaired) electrons. The van der Waals surface area contributed by atoms with Crippen LogP contribution in [0.3, 0.4) is 0 Å². The Morgan fingerprint density at radius 3 is 3.06 bits per heavy atom. The Bertz CT molecular complexity index is 380. The number of aromatic nitrogens is 2. The topological polar surface area (TPSA) is 53.1 Å². The van der Waals surface area contributed by atoms with Gasteiger partial charge in [0.05, 0.1) is 24.7 Å². The SMILES string of the molecule is NC(c1cncn1CCCC1CC1)C1CCOC1. The van der Waals surface area contributed by atoms with Gasteiger partial charge in [-0.05, 0) is 25.2 Å². The van der Waals surface area contributed by atoms with E-state index in [9.17, 15) is 0 Å². The molecule has 4 nitrogen and oxygen atoms in total. The van der Waals surface area contributed by atoms with Crippen molar-refractivity contribution in [2.75, 3.05) is 13.2 Å². The summed E-state index contributed by atoms with van der Waals surface area (Å²) in [5.74, 6) is 1.47. The number of imidazole rings is 1. The first-order valence-electron chi connectivity index (χ1n) is 7.18. The molecular weight excluding hydrogens is 226 g/mol. The summed E-state index contributed by atoms with van der Waals surface area (Å²) >= 11 is 0. The highest BCUT2D eigenvalue weighted by atomic mass is 16.5. The lowest BCUT2D eigenvalue weighted by Gasteiger charge is -2.19. The first-order valence-corrected chi connectivity index (χ1v) is 7.18. The molecule has 4 heteroatoms. The number of nitrogens with two attached hydrogens (primary N) is 1. The molecule has 1 saturated heterocycles. The number of aryl methyl sites for hydroxylation is 1. The lowest BCUT2D eigenvalue weighted by atomic mass is 9.97. The monoisotopic (exact) mass is 249 g/mol. The number of rotatable bonds is 6. The number of hydrogen-bond donors (Lipinski definition) is 1. The zero-order valence-electron chi connectivity index (χ0n) is 10.9. The molecule has 2 unspecified atom stereocenters. The van der Waals surface area contributed by atoms with E-state index in [1.807, 2.05) is 12.5 Å². The van der Waals surface area contributed by atoms with Gasteiger partial charge in [0.15, 0.2) is 0 Å². The summed E-state index contributed by atoms with van der Waals surface area (Å²) in [5.41, 5.74) is 7.53. The molecule has 0 spiro atoms. The fourth-order valence-corrected chi connectivity index (χ4v) is 2.83. The maximum absolute atomic E-state index is 6.35. The second-order valence-corrected chi connectivity index (χ2v) is 5.75. The van der Waals surface area contributed by atoms with Crippen molar-refractivity contribution in [2.24, 2.45) is 17.6 Å². The Kier molecular flexibility index (Phi) is 3.66. The molecule has 2 fully saturated rings. The van der Waals surface area contributed by atoms with Crippen LogP contribution in [0, 0.1) is 11.8 Å². The lowest BCUT2D eigenvalue weighted by molar-refractivity contribution is 0.180. The normalized spacial score (nSPS) is 25.5.